The summed E-state index contributed by atoms with van der Waals surface area (Å²) in [7, 11) is 1.64. The Morgan fingerprint density at radius 3 is 2.58 bits per heavy atom. The van der Waals surface area contributed by atoms with Crippen LogP contribution in [0.4, 0.5) is 5.69 Å². The van der Waals surface area contributed by atoms with Crippen molar-refractivity contribution in [2.45, 2.75) is 57.9 Å². The van der Waals surface area contributed by atoms with Crippen LogP contribution in [0.15, 0.2) is 24.3 Å². The first-order valence-electron chi connectivity index (χ1n) is 10.0. The fourth-order valence-electron chi connectivity index (χ4n) is 3.94. The van der Waals surface area contributed by atoms with Gasteiger partial charge in [-0.1, -0.05) is 38.2 Å². The standard InChI is InChI=1S/C21H35N3O2/c1-4-24(5-2)18-12-9-13-19(14-18)26-16-21(22,20(25)23-3)15-17-10-7-6-8-11-17/h9,12-14,17H,4-8,10-11,15-16,22H2,1-3H3,(H,23,25). The van der Waals surface area contributed by atoms with Crippen LogP contribution in [0, 0.1) is 5.92 Å². The Morgan fingerprint density at radius 2 is 1.96 bits per heavy atom. The van der Waals surface area contributed by atoms with E-state index in [9.17, 15) is 4.79 Å². The summed E-state index contributed by atoms with van der Waals surface area (Å²) in [5.74, 6) is 1.14. The molecular weight excluding hydrogens is 326 g/mol. The third-order valence-corrected chi connectivity index (χ3v) is 5.50. The first-order chi connectivity index (χ1) is 12.5. The van der Waals surface area contributed by atoms with E-state index in [-0.39, 0.29) is 12.5 Å². The number of benzene rings is 1. The second-order valence-electron chi connectivity index (χ2n) is 7.40. The molecule has 1 aliphatic carbocycles. The smallest absolute Gasteiger partial charge is 0.243 e. The van der Waals surface area contributed by atoms with Crippen LogP contribution in [0.25, 0.3) is 0 Å². The highest BCUT2D eigenvalue weighted by Crippen LogP contribution is 2.31. The Kier molecular flexibility index (Phi) is 7.76. The number of carbonyl (C=O) groups is 1. The molecule has 26 heavy (non-hydrogen) atoms. The molecule has 0 spiro atoms. The number of hydrogen-bond acceptors (Lipinski definition) is 4. The maximum Gasteiger partial charge on any atom is 0.243 e. The second kappa shape index (κ2) is 9.81. The molecule has 1 fully saturated rings. The molecule has 3 N–H and O–H groups in total. The Hall–Kier alpha value is -1.75. The van der Waals surface area contributed by atoms with Crippen molar-refractivity contribution in [1.29, 1.82) is 0 Å². The zero-order valence-corrected chi connectivity index (χ0v) is 16.6. The zero-order valence-electron chi connectivity index (χ0n) is 16.6. The van der Waals surface area contributed by atoms with Crippen molar-refractivity contribution in [3.05, 3.63) is 24.3 Å². The predicted molar refractivity (Wildman–Crippen MR) is 108 cm³/mol. The molecule has 1 aromatic rings. The van der Waals surface area contributed by atoms with E-state index in [0.717, 1.165) is 37.4 Å². The van der Waals surface area contributed by atoms with E-state index >= 15 is 0 Å². The first-order valence-corrected chi connectivity index (χ1v) is 10.0. The lowest BCUT2D eigenvalue weighted by Crippen LogP contribution is -2.58. The molecule has 5 heteroatoms. The number of rotatable bonds is 9. The summed E-state index contributed by atoms with van der Waals surface area (Å²) in [6, 6.07) is 8.02. The molecule has 0 heterocycles. The average molecular weight is 362 g/mol. The van der Waals surface area contributed by atoms with Crippen molar-refractivity contribution in [2.24, 2.45) is 11.7 Å². The van der Waals surface area contributed by atoms with Crippen molar-refractivity contribution >= 4 is 11.6 Å². The molecule has 2 rings (SSSR count). The molecule has 146 valence electrons. The van der Waals surface area contributed by atoms with Crippen LogP contribution in [0.1, 0.15) is 52.4 Å². The van der Waals surface area contributed by atoms with Crippen molar-refractivity contribution in [2.75, 3.05) is 31.6 Å². The summed E-state index contributed by atoms with van der Waals surface area (Å²) < 4.78 is 6.00. The van der Waals surface area contributed by atoms with Gasteiger partial charge >= 0.3 is 0 Å². The number of carbonyl (C=O) groups excluding carboxylic acids is 1. The third-order valence-electron chi connectivity index (χ3n) is 5.50. The number of likely N-dealkylation sites (N-methyl/N-ethyl adjacent to an activating group) is 1. The van der Waals surface area contributed by atoms with Crippen molar-refractivity contribution in [1.82, 2.24) is 5.32 Å². The molecule has 1 aliphatic rings. The number of anilines is 1. The van der Waals surface area contributed by atoms with Crippen molar-refractivity contribution < 1.29 is 9.53 Å². The minimum absolute atomic E-state index is 0.136. The molecule has 0 saturated heterocycles. The van der Waals surface area contributed by atoms with Gasteiger partial charge in [0, 0.05) is 31.9 Å². The highest BCUT2D eigenvalue weighted by Gasteiger charge is 2.37. The molecule has 1 amide bonds. The van der Waals surface area contributed by atoms with E-state index in [1.807, 2.05) is 18.2 Å². The average Bonchev–Trinajstić information content (AvgIpc) is 2.68. The minimum Gasteiger partial charge on any atom is -0.491 e. The summed E-state index contributed by atoms with van der Waals surface area (Å²) in [5.41, 5.74) is 6.68. The highest BCUT2D eigenvalue weighted by atomic mass is 16.5. The van der Waals surface area contributed by atoms with E-state index in [1.54, 1.807) is 7.05 Å². The molecule has 0 aliphatic heterocycles. The third kappa shape index (κ3) is 5.37. The maximum atomic E-state index is 12.5. The minimum atomic E-state index is -0.984. The van der Waals surface area contributed by atoms with Crippen LogP contribution in [-0.4, -0.2) is 38.2 Å². The largest absolute Gasteiger partial charge is 0.491 e. The van der Waals surface area contributed by atoms with E-state index in [1.165, 1.54) is 19.3 Å². The summed E-state index contributed by atoms with van der Waals surface area (Å²) in [5, 5.41) is 2.73. The lowest BCUT2D eigenvalue weighted by atomic mass is 9.79. The van der Waals surface area contributed by atoms with Gasteiger partial charge in [-0.15, -0.1) is 0 Å². The number of ether oxygens (including phenoxy) is 1. The molecule has 1 atom stereocenters. The first kappa shape index (κ1) is 20.6. The topological polar surface area (TPSA) is 67.6 Å². The number of amides is 1. The summed E-state index contributed by atoms with van der Waals surface area (Å²) >= 11 is 0. The maximum absolute atomic E-state index is 12.5. The number of hydrogen-bond donors (Lipinski definition) is 2. The van der Waals surface area contributed by atoms with Crippen LogP contribution in [0.2, 0.25) is 0 Å². The molecule has 0 aromatic heterocycles. The monoisotopic (exact) mass is 361 g/mol. The highest BCUT2D eigenvalue weighted by molar-refractivity contribution is 5.86. The van der Waals surface area contributed by atoms with E-state index in [2.05, 4.69) is 30.1 Å². The molecular formula is C21H35N3O2. The van der Waals surface area contributed by atoms with Gasteiger partial charge in [-0.2, -0.15) is 0 Å². The Balaban J connectivity index is 2.06. The molecule has 5 nitrogen and oxygen atoms in total. The van der Waals surface area contributed by atoms with Crippen LogP contribution < -0.4 is 20.7 Å². The summed E-state index contributed by atoms with van der Waals surface area (Å²) in [4.78, 5) is 14.7. The molecule has 1 saturated carbocycles. The van der Waals surface area contributed by atoms with Crippen LogP contribution in [-0.2, 0) is 4.79 Å². The fourth-order valence-corrected chi connectivity index (χ4v) is 3.94. The normalized spacial score (nSPS) is 17.4. The SMILES string of the molecule is CCN(CC)c1cccc(OCC(N)(CC2CCCCC2)C(=O)NC)c1. The summed E-state index contributed by atoms with van der Waals surface area (Å²) in [6.45, 7) is 6.36. The van der Waals surface area contributed by atoms with Gasteiger partial charge in [0.2, 0.25) is 5.91 Å². The van der Waals surface area contributed by atoms with Crippen LogP contribution in [0.5, 0.6) is 5.75 Å². The van der Waals surface area contributed by atoms with E-state index in [0.29, 0.717) is 12.3 Å². The number of nitrogens with zero attached hydrogens (tertiary/aromatic N) is 1. The van der Waals surface area contributed by atoms with Gasteiger partial charge in [0.05, 0.1) is 0 Å². The Bertz CT molecular complexity index is 568. The Labute approximate surface area is 158 Å². The fraction of sp³-hybridized carbons (Fsp3) is 0.667. The van der Waals surface area contributed by atoms with E-state index in [4.69, 9.17) is 10.5 Å². The van der Waals surface area contributed by atoms with Gasteiger partial charge in [0.15, 0.2) is 0 Å². The zero-order chi connectivity index (χ0) is 19.0. The molecule has 0 radical (unpaired) electrons. The molecule has 0 bridgehead atoms. The van der Waals surface area contributed by atoms with Gasteiger partial charge in [-0.25, -0.2) is 0 Å². The van der Waals surface area contributed by atoms with E-state index < -0.39 is 5.54 Å². The lowest BCUT2D eigenvalue weighted by Gasteiger charge is -2.33. The molecule has 1 aromatic carbocycles. The van der Waals surface area contributed by atoms with Gasteiger partial charge < -0.3 is 20.7 Å². The second-order valence-corrected chi connectivity index (χ2v) is 7.40. The quantitative estimate of drug-likeness (QED) is 0.708. The molecule has 1 unspecified atom stereocenters. The lowest BCUT2D eigenvalue weighted by molar-refractivity contribution is -0.127. The summed E-state index contributed by atoms with van der Waals surface area (Å²) in [6.07, 6.45) is 6.77. The van der Waals surface area contributed by atoms with Crippen molar-refractivity contribution in [3.63, 3.8) is 0 Å². The predicted octanol–water partition coefficient (Wildman–Crippen LogP) is 3.33. The van der Waals surface area contributed by atoms with Crippen molar-refractivity contribution in [3.8, 4) is 5.75 Å². The number of nitrogens with one attached hydrogen (secondary N) is 1. The Morgan fingerprint density at radius 1 is 1.27 bits per heavy atom. The van der Waals surface area contributed by atoms with Gasteiger partial charge in [-0.3, -0.25) is 4.79 Å². The van der Waals surface area contributed by atoms with Gasteiger partial charge in [-0.05, 0) is 38.3 Å². The van der Waals surface area contributed by atoms with Crippen LogP contribution in [0.3, 0.4) is 0 Å². The van der Waals surface area contributed by atoms with Crippen LogP contribution >= 0.6 is 0 Å². The van der Waals surface area contributed by atoms with Gasteiger partial charge in [0.1, 0.15) is 17.9 Å². The number of nitrogens with two attached hydrogens (primary N) is 1. The van der Waals surface area contributed by atoms with Gasteiger partial charge in [0.25, 0.3) is 0 Å².